The fourth-order valence-electron chi connectivity index (χ4n) is 3.59. The summed E-state index contributed by atoms with van der Waals surface area (Å²) in [7, 11) is 1.91. The van der Waals surface area contributed by atoms with Crippen LogP contribution in [0.3, 0.4) is 0 Å². The summed E-state index contributed by atoms with van der Waals surface area (Å²) in [5, 5.41) is 13.1. The maximum atomic E-state index is 12.1. The molecule has 0 aliphatic heterocycles. The molecule has 5 nitrogen and oxygen atoms in total. The number of aromatic nitrogens is 3. The van der Waals surface area contributed by atoms with E-state index in [1.54, 1.807) is 6.07 Å². The summed E-state index contributed by atoms with van der Waals surface area (Å²) in [6.45, 7) is 0. The zero-order chi connectivity index (χ0) is 20.7. The highest BCUT2D eigenvalue weighted by Crippen LogP contribution is 2.33. The van der Waals surface area contributed by atoms with Crippen LogP contribution < -0.4 is 5.63 Å². The van der Waals surface area contributed by atoms with Gasteiger partial charge in [-0.05, 0) is 34.5 Å². The molecule has 0 N–H and O–H groups in total. The Morgan fingerprint density at radius 1 is 1.03 bits per heavy atom. The van der Waals surface area contributed by atoms with Crippen molar-refractivity contribution in [1.29, 1.82) is 0 Å². The zero-order valence-corrected chi connectivity index (χ0v) is 17.6. The van der Waals surface area contributed by atoms with E-state index >= 15 is 0 Å². The molecule has 0 amide bonds. The van der Waals surface area contributed by atoms with Crippen LogP contribution in [0.5, 0.6) is 0 Å². The first-order valence-electron chi connectivity index (χ1n) is 9.33. The van der Waals surface area contributed by atoms with E-state index in [1.807, 2.05) is 66.2 Å². The fraction of sp³-hybridized carbons (Fsp3) is 0.0870. The third kappa shape index (κ3) is 3.28. The van der Waals surface area contributed by atoms with E-state index in [1.165, 1.54) is 11.8 Å². The summed E-state index contributed by atoms with van der Waals surface area (Å²) in [5.74, 6) is 1.26. The molecule has 0 atom stereocenters. The second-order valence-electron chi connectivity index (χ2n) is 6.88. The lowest BCUT2D eigenvalue weighted by Crippen LogP contribution is -2.01. The van der Waals surface area contributed by atoms with Gasteiger partial charge in [0.05, 0.1) is 5.02 Å². The quantitative estimate of drug-likeness (QED) is 0.207. The third-order valence-electron chi connectivity index (χ3n) is 5.02. The van der Waals surface area contributed by atoms with Crippen LogP contribution in [0, 0.1) is 0 Å². The highest BCUT2D eigenvalue weighted by molar-refractivity contribution is 7.98. The molecule has 5 rings (SSSR count). The molecule has 30 heavy (non-hydrogen) atoms. The van der Waals surface area contributed by atoms with Gasteiger partial charge >= 0.3 is 5.63 Å². The minimum Gasteiger partial charge on any atom is -0.423 e. The minimum atomic E-state index is -0.358. The van der Waals surface area contributed by atoms with Crippen molar-refractivity contribution in [1.82, 2.24) is 14.8 Å². The summed E-state index contributed by atoms with van der Waals surface area (Å²) < 4.78 is 7.36. The summed E-state index contributed by atoms with van der Waals surface area (Å²) in [4.78, 5) is 12.1. The molecule has 0 saturated carbocycles. The first-order valence-corrected chi connectivity index (χ1v) is 10.7. The molecular weight excluding hydrogens is 418 g/mol. The van der Waals surface area contributed by atoms with Gasteiger partial charge in [0.25, 0.3) is 0 Å². The van der Waals surface area contributed by atoms with Gasteiger partial charge in [0, 0.05) is 29.8 Å². The lowest BCUT2D eigenvalue weighted by Gasteiger charge is -2.09. The second kappa shape index (κ2) is 7.63. The number of fused-ring (bicyclic) bond motifs is 3. The Morgan fingerprint density at radius 2 is 1.83 bits per heavy atom. The van der Waals surface area contributed by atoms with E-state index < -0.39 is 0 Å². The van der Waals surface area contributed by atoms with Crippen molar-refractivity contribution in [2.24, 2.45) is 7.05 Å². The summed E-state index contributed by atoms with van der Waals surface area (Å²) in [5.41, 5.74) is 1.97. The Balaban J connectivity index is 1.54. The van der Waals surface area contributed by atoms with Crippen LogP contribution in [0.1, 0.15) is 5.56 Å². The highest BCUT2D eigenvalue weighted by Gasteiger charge is 2.15. The van der Waals surface area contributed by atoms with Crippen molar-refractivity contribution in [3.63, 3.8) is 0 Å². The molecule has 0 fully saturated rings. The molecule has 0 aliphatic carbocycles. The summed E-state index contributed by atoms with van der Waals surface area (Å²) in [6, 6.07) is 21.0. The van der Waals surface area contributed by atoms with Crippen LogP contribution >= 0.6 is 23.4 Å². The predicted octanol–water partition coefficient (Wildman–Crippen LogP) is 5.69. The van der Waals surface area contributed by atoms with Gasteiger partial charge in [-0.15, -0.1) is 10.2 Å². The van der Waals surface area contributed by atoms with Gasteiger partial charge in [-0.25, -0.2) is 4.79 Å². The lowest BCUT2D eigenvalue weighted by atomic mass is 10.0. The molecule has 3 aromatic carbocycles. The third-order valence-corrected chi connectivity index (χ3v) is 6.42. The van der Waals surface area contributed by atoms with Crippen LogP contribution in [-0.2, 0) is 12.8 Å². The Labute approximate surface area is 181 Å². The lowest BCUT2D eigenvalue weighted by molar-refractivity contribution is 0.560. The van der Waals surface area contributed by atoms with Gasteiger partial charge in [0.2, 0.25) is 0 Å². The predicted molar refractivity (Wildman–Crippen MR) is 121 cm³/mol. The number of hydrogen-bond donors (Lipinski definition) is 0. The largest absolute Gasteiger partial charge is 0.423 e. The van der Waals surface area contributed by atoms with Crippen molar-refractivity contribution < 1.29 is 4.42 Å². The van der Waals surface area contributed by atoms with Crippen molar-refractivity contribution >= 4 is 45.1 Å². The second-order valence-corrected chi connectivity index (χ2v) is 8.23. The number of halogens is 1. The molecule has 2 heterocycles. The molecule has 5 aromatic rings. The number of nitrogens with zero attached hydrogens (tertiary/aromatic N) is 3. The SMILES string of the molecule is Cn1c(SCc2cc(=O)oc3ccc4ccccc4c23)nnc1-c1ccccc1Cl. The van der Waals surface area contributed by atoms with Crippen molar-refractivity contribution in [2.75, 3.05) is 0 Å². The fourth-order valence-corrected chi connectivity index (χ4v) is 4.71. The first-order chi connectivity index (χ1) is 14.6. The van der Waals surface area contributed by atoms with E-state index in [9.17, 15) is 4.79 Å². The Hall–Kier alpha value is -3.09. The maximum Gasteiger partial charge on any atom is 0.336 e. The van der Waals surface area contributed by atoms with Gasteiger partial charge in [0.15, 0.2) is 11.0 Å². The van der Waals surface area contributed by atoms with Gasteiger partial charge in [0.1, 0.15) is 5.58 Å². The monoisotopic (exact) mass is 433 g/mol. The van der Waals surface area contributed by atoms with Gasteiger partial charge in [-0.1, -0.05) is 65.8 Å². The topological polar surface area (TPSA) is 60.9 Å². The summed E-state index contributed by atoms with van der Waals surface area (Å²) in [6.07, 6.45) is 0. The molecule has 0 radical (unpaired) electrons. The molecule has 0 saturated heterocycles. The Bertz CT molecular complexity index is 1460. The minimum absolute atomic E-state index is 0.358. The highest BCUT2D eigenvalue weighted by atomic mass is 35.5. The van der Waals surface area contributed by atoms with Crippen LogP contribution in [0.15, 0.2) is 81.1 Å². The van der Waals surface area contributed by atoms with Crippen molar-refractivity contribution in [2.45, 2.75) is 10.9 Å². The molecule has 0 bridgehead atoms. The smallest absolute Gasteiger partial charge is 0.336 e. The normalized spacial score (nSPS) is 11.4. The average molecular weight is 434 g/mol. The number of benzene rings is 3. The molecule has 0 aliphatic rings. The molecular formula is C23H16ClN3O2S. The van der Waals surface area contributed by atoms with Crippen molar-refractivity contribution in [3.8, 4) is 11.4 Å². The van der Waals surface area contributed by atoms with E-state index in [4.69, 9.17) is 16.0 Å². The van der Waals surface area contributed by atoms with Crippen LogP contribution in [0.4, 0.5) is 0 Å². The molecule has 148 valence electrons. The zero-order valence-electron chi connectivity index (χ0n) is 16.0. The van der Waals surface area contributed by atoms with Gasteiger partial charge in [-0.2, -0.15) is 0 Å². The molecule has 0 unspecified atom stereocenters. The van der Waals surface area contributed by atoms with Crippen LogP contribution in [0.2, 0.25) is 5.02 Å². The number of rotatable bonds is 4. The van der Waals surface area contributed by atoms with Gasteiger partial charge < -0.3 is 8.98 Å². The molecule has 0 spiro atoms. The van der Waals surface area contributed by atoms with E-state index in [-0.39, 0.29) is 5.63 Å². The number of hydrogen-bond acceptors (Lipinski definition) is 5. The first kappa shape index (κ1) is 18.9. The van der Waals surface area contributed by atoms with E-state index in [0.717, 1.165) is 32.4 Å². The standard InChI is InChI=1S/C23H16ClN3O2S/c1-27-22(17-8-4-5-9-18(17)24)25-26-23(27)30-13-15-12-20(28)29-19-11-10-14-6-2-3-7-16(14)21(15)19/h2-12H,13H2,1H3. The summed E-state index contributed by atoms with van der Waals surface area (Å²) >= 11 is 7.84. The molecule has 7 heteroatoms. The van der Waals surface area contributed by atoms with Crippen molar-refractivity contribution in [3.05, 3.63) is 87.7 Å². The average Bonchev–Trinajstić information content (AvgIpc) is 3.12. The molecule has 2 aromatic heterocycles. The maximum absolute atomic E-state index is 12.1. The Kier molecular flexibility index (Phi) is 4.81. The van der Waals surface area contributed by atoms with E-state index in [0.29, 0.717) is 22.2 Å². The van der Waals surface area contributed by atoms with E-state index in [2.05, 4.69) is 16.3 Å². The number of thioether (sulfide) groups is 1. The Morgan fingerprint density at radius 3 is 2.70 bits per heavy atom. The van der Waals surface area contributed by atoms with Gasteiger partial charge in [-0.3, -0.25) is 0 Å². The van der Waals surface area contributed by atoms with Crippen LogP contribution in [-0.4, -0.2) is 14.8 Å². The van der Waals surface area contributed by atoms with Crippen LogP contribution in [0.25, 0.3) is 33.1 Å².